The number of hydrogen-bond donors (Lipinski definition) is 2. The largest absolute Gasteiger partial charge is 0.478 e. The predicted octanol–water partition coefficient (Wildman–Crippen LogP) is 7.29. The molecule has 3 aromatic rings. The smallest absolute Gasteiger partial charge is 0.347 e. The van der Waals surface area contributed by atoms with Crippen molar-refractivity contribution in [2.75, 3.05) is 18.0 Å². The Morgan fingerprint density at radius 1 is 0.905 bits per heavy atom. The average Bonchev–Trinajstić information content (AvgIpc) is 3.00. The van der Waals surface area contributed by atoms with Gasteiger partial charge in [-0.15, -0.1) is 0 Å². The number of anilines is 1. The maximum absolute atomic E-state index is 13.3. The van der Waals surface area contributed by atoms with Crippen molar-refractivity contribution in [1.29, 1.82) is 0 Å². The van der Waals surface area contributed by atoms with Crippen LogP contribution in [0.5, 0.6) is 5.75 Å². The van der Waals surface area contributed by atoms with E-state index in [9.17, 15) is 14.7 Å². The van der Waals surface area contributed by atoms with Gasteiger partial charge in [0.25, 0.3) is 0 Å². The molecule has 6 nitrogen and oxygen atoms in total. The molecule has 1 amide bonds. The summed E-state index contributed by atoms with van der Waals surface area (Å²) in [5.74, 6) is -0.587. The second-order valence-corrected chi connectivity index (χ2v) is 11.9. The highest BCUT2D eigenvalue weighted by Gasteiger charge is 2.29. The minimum absolute atomic E-state index is 0.0200. The molecule has 0 saturated carbocycles. The number of rotatable bonds is 14. The minimum atomic E-state index is -1.32. The van der Waals surface area contributed by atoms with Crippen LogP contribution < -0.4 is 15.0 Å². The number of piperidine rings is 1. The van der Waals surface area contributed by atoms with Crippen molar-refractivity contribution in [2.24, 2.45) is 0 Å². The lowest BCUT2D eigenvalue weighted by atomic mass is 9.94. The van der Waals surface area contributed by atoms with E-state index in [2.05, 4.69) is 65.7 Å². The van der Waals surface area contributed by atoms with Gasteiger partial charge in [-0.25, -0.2) is 4.79 Å². The van der Waals surface area contributed by atoms with E-state index in [4.69, 9.17) is 4.74 Å². The number of carboxylic acid groups (broad SMARTS) is 1. The monoisotopic (exact) mass is 570 g/mol. The number of aliphatic carboxylic acids is 1. The Morgan fingerprint density at radius 3 is 2.24 bits per heavy atom. The number of amides is 1. The molecule has 224 valence electrons. The number of hydrogen-bond acceptors (Lipinski definition) is 4. The standard InChI is InChI=1S/C36H46N2O4/c1-4-5-14-32(37-34(39)26-29-17-20-30(21-18-29)42-36(2,3)35(40)41)31-22-19-28(16-15-27-12-8-6-9-13-27)25-33(31)38-23-10-7-11-24-38/h6,8-9,12-13,17-22,25,32H,4-5,7,10-11,14-16,23-24,26H2,1-3H3,(H,37,39)(H,40,41). The summed E-state index contributed by atoms with van der Waals surface area (Å²) in [5, 5.41) is 12.7. The van der Waals surface area contributed by atoms with Crippen molar-refractivity contribution in [3.05, 3.63) is 95.1 Å². The van der Waals surface area contributed by atoms with E-state index in [0.717, 1.165) is 50.8 Å². The van der Waals surface area contributed by atoms with Gasteiger partial charge in [-0.3, -0.25) is 4.79 Å². The summed E-state index contributed by atoms with van der Waals surface area (Å²) in [5.41, 5.74) is 4.69. The molecule has 1 atom stereocenters. The zero-order valence-corrected chi connectivity index (χ0v) is 25.4. The Balaban J connectivity index is 1.50. The fraction of sp³-hybridized carbons (Fsp3) is 0.444. The second kappa shape index (κ2) is 14.9. The zero-order valence-electron chi connectivity index (χ0n) is 25.4. The summed E-state index contributed by atoms with van der Waals surface area (Å²) >= 11 is 0. The summed E-state index contributed by atoms with van der Waals surface area (Å²) in [4.78, 5) is 27.3. The summed E-state index contributed by atoms with van der Waals surface area (Å²) in [6, 6.07) is 24.5. The third kappa shape index (κ3) is 8.85. The lowest BCUT2D eigenvalue weighted by Gasteiger charge is -2.33. The molecule has 0 spiro atoms. The van der Waals surface area contributed by atoms with E-state index in [1.54, 1.807) is 12.1 Å². The van der Waals surface area contributed by atoms with Gasteiger partial charge in [-0.2, -0.15) is 0 Å². The van der Waals surface area contributed by atoms with E-state index in [1.165, 1.54) is 55.5 Å². The number of unbranched alkanes of at least 4 members (excludes halogenated alkanes) is 1. The molecular formula is C36H46N2O4. The summed E-state index contributed by atoms with van der Waals surface area (Å²) in [6.07, 6.45) is 8.90. The molecule has 42 heavy (non-hydrogen) atoms. The van der Waals surface area contributed by atoms with Gasteiger partial charge in [0.15, 0.2) is 5.60 Å². The quantitative estimate of drug-likeness (QED) is 0.213. The lowest BCUT2D eigenvalue weighted by Crippen LogP contribution is -2.37. The first-order chi connectivity index (χ1) is 20.2. The van der Waals surface area contributed by atoms with Crippen molar-refractivity contribution in [3.8, 4) is 5.75 Å². The second-order valence-electron chi connectivity index (χ2n) is 11.9. The minimum Gasteiger partial charge on any atom is -0.478 e. The van der Waals surface area contributed by atoms with Crippen LogP contribution in [0, 0.1) is 0 Å². The van der Waals surface area contributed by atoms with Crippen LogP contribution in [-0.4, -0.2) is 35.7 Å². The number of nitrogens with one attached hydrogen (secondary N) is 1. The number of carbonyl (C=O) groups is 2. The maximum atomic E-state index is 13.3. The summed E-state index contributed by atoms with van der Waals surface area (Å²) < 4.78 is 5.61. The van der Waals surface area contributed by atoms with Gasteiger partial charge < -0.3 is 20.1 Å². The number of nitrogens with zero attached hydrogens (tertiary/aromatic N) is 1. The van der Waals surface area contributed by atoms with Gasteiger partial charge in [-0.05, 0) is 92.8 Å². The molecule has 4 rings (SSSR count). The molecule has 2 N–H and O–H groups in total. The van der Waals surface area contributed by atoms with Crippen LogP contribution in [-0.2, 0) is 28.9 Å². The van der Waals surface area contributed by atoms with Crippen molar-refractivity contribution in [1.82, 2.24) is 5.32 Å². The molecule has 1 saturated heterocycles. The zero-order chi connectivity index (χ0) is 30.0. The fourth-order valence-corrected chi connectivity index (χ4v) is 5.54. The number of ether oxygens (including phenoxy) is 1. The first-order valence-corrected chi connectivity index (χ1v) is 15.5. The van der Waals surface area contributed by atoms with Gasteiger partial charge in [0, 0.05) is 18.8 Å². The lowest BCUT2D eigenvalue weighted by molar-refractivity contribution is -0.152. The third-order valence-corrected chi connectivity index (χ3v) is 8.07. The summed E-state index contributed by atoms with van der Waals surface area (Å²) in [6.45, 7) is 7.32. The van der Waals surface area contributed by atoms with E-state index >= 15 is 0 Å². The molecule has 0 aliphatic carbocycles. The molecule has 0 aromatic heterocycles. The van der Waals surface area contributed by atoms with Gasteiger partial charge >= 0.3 is 5.97 Å². The Morgan fingerprint density at radius 2 is 1.57 bits per heavy atom. The van der Waals surface area contributed by atoms with Crippen molar-refractivity contribution in [3.63, 3.8) is 0 Å². The van der Waals surface area contributed by atoms with Gasteiger partial charge in [-0.1, -0.05) is 74.4 Å². The molecular weight excluding hydrogens is 524 g/mol. The molecule has 1 aliphatic rings. The number of benzene rings is 3. The first kappa shape index (κ1) is 31.1. The molecule has 3 aromatic carbocycles. The van der Waals surface area contributed by atoms with E-state index in [1.807, 2.05) is 12.1 Å². The molecule has 1 unspecified atom stereocenters. The van der Waals surface area contributed by atoms with E-state index in [-0.39, 0.29) is 18.4 Å². The maximum Gasteiger partial charge on any atom is 0.347 e. The van der Waals surface area contributed by atoms with Gasteiger partial charge in [0.1, 0.15) is 5.75 Å². The highest BCUT2D eigenvalue weighted by Crippen LogP contribution is 2.33. The Labute approximate surface area is 251 Å². The Kier molecular flexibility index (Phi) is 11.0. The van der Waals surface area contributed by atoms with Gasteiger partial charge in [0.05, 0.1) is 12.5 Å². The molecule has 1 aliphatic heterocycles. The first-order valence-electron chi connectivity index (χ1n) is 15.5. The van der Waals surface area contributed by atoms with Crippen LogP contribution in [0.3, 0.4) is 0 Å². The molecule has 0 radical (unpaired) electrons. The van der Waals surface area contributed by atoms with Gasteiger partial charge in [0.2, 0.25) is 5.91 Å². The number of aryl methyl sites for hydroxylation is 2. The van der Waals surface area contributed by atoms with Crippen LogP contribution in [0.2, 0.25) is 0 Å². The van der Waals surface area contributed by atoms with Crippen LogP contribution >= 0.6 is 0 Å². The van der Waals surface area contributed by atoms with Crippen LogP contribution in [0.15, 0.2) is 72.8 Å². The van der Waals surface area contributed by atoms with Crippen LogP contribution in [0.1, 0.15) is 87.6 Å². The van der Waals surface area contributed by atoms with E-state index in [0.29, 0.717) is 5.75 Å². The third-order valence-electron chi connectivity index (χ3n) is 8.07. The Bertz CT molecular complexity index is 1300. The fourth-order valence-electron chi connectivity index (χ4n) is 5.54. The van der Waals surface area contributed by atoms with Crippen molar-refractivity contribution in [2.45, 2.75) is 90.2 Å². The predicted molar refractivity (Wildman–Crippen MR) is 169 cm³/mol. The molecule has 1 fully saturated rings. The highest BCUT2D eigenvalue weighted by molar-refractivity contribution is 5.79. The Hall–Kier alpha value is -3.80. The number of carbonyl (C=O) groups excluding carboxylic acids is 1. The molecule has 6 heteroatoms. The van der Waals surface area contributed by atoms with Crippen LogP contribution in [0.4, 0.5) is 5.69 Å². The van der Waals surface area contributed by atoms with Crippen molar-refractivity contribution >= 4 is 17.6 Å². The molecule has 0 bridgehead atoms. The number of carboxylic acids is 1. The molecule has 1 heterocycles. The highest BCUT2D eigenvalue weighted by atomic mass is 16.5. The topological polar surface area (TPSA) is 78.9 Å². The SMILES string of the molecule is CCCCC(NC(=O)Cc1ccc(OC(C)(C)C(=O)O)cc1)c1ccc(CCc2ccccc2)cc1N1CCCCC1. The van der Waals surface area contributed by atoms with E-state index < -0.39 is 11.6 Å². The van der Waals surface area contributed by atoms with Crippen LogP contribution in [0.25, 0.3) is 0 Å². The normalized spacial score (nSPS) is 14.3. The van der Waals surface area contributed by atoms with Crippen molar-refractivity contribution < 1.29 is 19.4 Å². The summed E-state index contributed by atoms with van der Waals surface area (Å²) in [7, 11) is 0. The average molecular weight is 571 g/mol.